The molecule has 0 unspecified atom stereocenters. The normalized spacial score (nSPS) is 10.4. The highest BCUT2D eigenvalue weighted by Gasteiger charge is 2.16. The predicted octanol–water partition coefficient (Wildman–Crippen LogP) is 2.89. The maximum absolute atomic E-state index is 12.8. The molecule has 16 heavy (non-hydrogen) atoms. The molecule has 0 atom stereocenters. The summed E-state index contributed by atoms with van der Waals surface area (Å²) in [6, 6.07) is 6.44. The Hall–Kier alpha value is -1.81. The van der Waals surface area contributed by atoms with Crippen molar-refractivity contribution in [3.63, 3.8) is 0 Å². The van der Waals surface area contributed by atoms with E-state index in [9.17, 15) is 9.18 Å². The van der Waals surface area contributed by atoms with Crippen molar-refractivity contribution in [1.29, 1.82) is 0 Å². The molecule has 0 spiro atoms. The summed E-state index contributed by atoms with van der Waals surface area (Å²) < 4.78 is 17.7. The van der Waals surface area contributed by atoms with Crippen LogP contribution in [0.5, 0.6) is 0 Å². The zero-order valence-corrected chi connectivity index (χ0v) is 8.79. The van der Waals surface area contributed by atoms with Gasteiger partial charge in [-0.2, -0.15) is 0 Å². The van der Waals surface area contributed by atoms with Crippen LogP contribution in [0, 0.1) is 5.82 Å². The lowest BCUT2D eigenvalue weighted by atomic mass is 10.1. The van der Waals surface area contributed by atoms with Crippen molar-refractivity contribution in [2.24, 2.45) is 0 Å². The molecular formula is C11H7ClFNO2. The minimum Gasteiger partial charge on any atom is -0.441 e. The van der Waals surface area contributed by atoms with Crippen LogP contribution in [-0.4, -0.2) is 5.78 Å². The van der Waals surface area contributed by atoms with Crippen LogP contribution in [-0.2, 0) is 0 Å². The molecule has 0 fully saturated rings. The molecule has 1 heterocycles. The molecule has 1 aromatic heterocycles. The summed E-state index contributed by atoms with van der Waals surface area (Å²) >= 11 is 5.55. The lowest BCUT2D eigenvalue weighted by molar-refractivity contribution is 0.101. The Morgan fingerprint density at radius 2 is 2.06 bits per heavy atom. The Labute approximate surface area is 95.6 Å². The summed E-state index contributed by atoms with van der Waals surface area (Å²) in [5.41, 5.74) is 5.79. The summed E-state index contributed by atoms with van der Waals surface area (Å²) in [6.45, 7) is 0. The van der Waals surface area contributed by atoms with Crippen molar-refractivity contribution < 1.29 is 13.6 Å². The highest BCUT2D eigenvalue weighted by atomic mass is 35.5. The van der Waals surface area contributed by atoms with E-state index in [2.05, 4.69) is 0 Å². The summed E-state index contributed by atoms with van der Waals surface area (Å²) in [5, 5.41) is 0.115. The van der Waals surface area contributed by atoms with Crippen molar-refractivity contribution in [2.75, 3.05) is 5.73 Å². The Kier molecular flexibility index (Phi) is 2.66. The van der Waals surface area contributed by atoms with E-state index < -0.39 is 11.6 Å². The minimum absolute atomic E-state index is 0.0672. The van der Waals surface area contributed by atoms with Crippen LogP contribution in [0.3, 0.4) is 0 Å². The monoisotopic (exact) mass is 239 g/mol. The van der Waals surface area contributed by atoms with Gasteiger partial charge in [0.05, 0.1) is 0 Å². The molecule has 2 aromatic rings. The molecule has 0 aliphatic heterocycles. The van der Waals surface area contributed by atoms with Gasteiger partial charge in [-0.1, -0.05) is 0 Å². The Bertz CT molecular complexity index is 551. The summed E-state index contributed by atoms with van der Waals surface area (Å²) in [6.07, 6.45) is 0. The molecule has 3 nitrogen and oxygen atoms in total. The van der Waals surface area contributed by atoms with Crippen molar-refractivity contribution >= 4 is 23.1 Å². The SMILES string of the molecule is Nc1cc(F)ccc1C(=O)c1ccc(Cl)o1. The van der Waals surface area contributed by atoms with Gasteiger partial charge in [-0.3, -0.25) is 4.79 Å². The fourth-order valence-corrected chi connectivity index (χ4v) is 1.46. The first-order valence-corrected chi connectivity index (χ1v) is 4.81. The quantitative estimate of drug-likeness (QED) is 0.648. The van der Waals surface area contributed by atoms with Gasteiger partial charge >= 0.3 is 0 Å². The van der Waals surface area contributed by atoms with E-state index in [0.717, 1.165) is 12.1 Å². The smallest absolute Gasteiger partial charge is 0.230 e. The van der Waals surface area contributed by atoms with Crippen LogP contribution in [0.1, 0.15) is 16.1 Å². The largest absolute Gasteiger partial charge is 0.441 e. The van der Waals surface area contributed by atoms with Gasteiger partial charge in [0, 0.05) is 11.3 Å². The highest BCUT2D eigenvalue weighted by molar-refractivity contribution is 6.29. The van der Waals surface area contributed by atoms with Gasteiger partial charge in [0.25, 0.3) is 0 Å². The molecule has 1 aromatic carbocycles. The molecule has 0 bridgehead atoms. The lowest BCUT2D eigenvalue weighted by Gasteiger charge is -2.02. The maximum Gasteiger partial charge on any atom is 0.230 e. The zero-order valence-electron chi connectivity index (χ0n) is 8.04. The molecule has 2 N–H and O–H groups in total. The molecular weight excluding hydrogens is 233 g/mol. The molecule has 2 rings (SSSR count). The van der Waals surface area contributed by atoms with Gasteiger partial charge in [0.2, 0.25) is 5.78 Å². The van der Waals surface area contributed by atoms with E-state index in [1.165, 1.54) is 18.2 Å². The first kappa shape index (κ1) is 10.7. The van der Waals surface area contributed by atoms with Gasteiger partial charge in [0.15, 0.2) is 11.0 Å². The Morgan fingerprint density at radius 3 is 2.62 bits per heavy atom. The summed E-state index contributed by atoms with van der Waals surface area (Å²) in [5.74, 6) is -0.848. The number of benzene rings is 1. The number of carbonyl (C=O) groups is 1. The molecule has 82 valence electrons. The molecule has 0 saturated carbocycles. The molecule has 0 saturated heterocycles. The number of carbonyl (C=O) groups excluding carboxylic acids is 1. The van der Waals surface area contributed by atoms with E-state index in [0.29, 0.717) is 0 Å². The molecule has 0 amide bonds. The van der Waals surface area contributed by atoms with Crippen LogP contribution < -0.4 is 5.73 Å². The van der Waals surface area contributed by atoms with Crippen LogP contribution in [0.4, 0.5) is 10.1 Å². The van der Waals surface area contributed by atoms with Crippen LogP contribution in [0.15, 0.2) is 34.7 Å². The van der Waals surface area contributed by atoms with Gasteiger partial charge in [0.1, 0.15) is 5.82 Å². The van der Waals surface area contributed by atoms with E-state index in [1.54, 1.807) is 0 Å². The molecule has 0 radical (unpaired) electrons. The summed E-state index contributed by atoms with van der Waals surface area (Å²) in [4.78, 5) is 11.8. The number of hydrogen-bond donors (Lipinski definition) is 1. The predicted molar refractivity (Wildman–Crippen MR) is 58.0 cm³/mol. The van der Waals surface area contributed by atoms with E-state index in [-0.39, 0.29) is 22.2 Å². The highest BCUT2D eigenvalue weighted by Crippen LogP contribution is 2.21. The second-order valence-electron chi connectivity index (χ2n) is 3.16. The van der Waals surface area contributed by atoms with Crippen LogP contribution >= 0.6 is 11.6 Å². The minimum atomic E-state index is -0.494. The average molecular weight is 240 g/mol. The fraction of sp³-hybridized carbons (Fsp3) is 0. The number of halogens is 2. The fourth-order valence-electron chi connectivity index (χ4n) is 1.31. The Balaban J connectivity index is 2.41. The van der Waals surface area contributed by atoms with Crippen LogP contribution in [0.2, 0.25) is 5.22 Å². The number of hydrogen-bond acceptors (Lipinski definition) is 3. The number of anilines is 1. The van der Waals surface area contributed by atoms with Crippen molar-refractivity contribution in [2.45, 2.75) is 0 Å². The molecule has 0 aliphatic carbocycles. The maximum atomic E-state index is 12.8. The summed E-state index contributed by atoms with van der Waals surface area (Å²) in [7, 11) is 0. The number of furan rings is 1. The van der Waals surface area contributed by atoms with E-state index in [1.807, 2.05) is 0 Å². The van der Waals surface area contributed by atoms with Gasteiger partial charge in [-0.25, -0.2) is 4.39 Å². The molecule has 0 aliphatic rings. The van der Waals surface area contributed by atoms with Gasteiger partial charge in [-0.05, 0) is 41.9 Å². The van der Waals surface area contributed by atoms with Crippen molar-refractivity contribution in [3.05, 3.63) is 52.7 Å². The van der Waals surface area contributed by atoms with Crippen molar-refractivity contribution in [1.82, 2.24) is 0 Å². The van der Waals surface area contributed by atoms with Gasteiger partial charge in [-0.15, -0.1) is 0 Å². The zero-order chi connectivity index (χ0) is 11.7. The number of nitrogen functional groups attached to an aromatic ring is 1. The van der Waals surface area contributed by atoms with Gasteiger partial charge < -0.3 is 10.2 Å². The molecule has 5 heteroatoms. The second kappa shape index (κ2) is 3.98. The Morgan fingerprint density at radius 1 is 1.31 bits per heavy atom. The average Bonchev–Trinajstić information content (AvgIpc) is 2.64. The lowest BCUT2D eigenvalue weighted by Crippen LogP contribution is -2.04. The first-order chi connectivity index (χ1) is 7.58. The third-order valence-electron chi connectivity index (χ3n) is 2.06. The standard InChI is InChI=1S/C11H7ClFNO2/c12-10-4-3-9(16-10)11(15)7-2-1-6(13)5-8(7)14/h1-5H,14H2. The third-order valence-corrected chi connectivity index (χ3v) is 2.26. The third kappa shape index (κ3) is 1.92. The van der Waals surface area contributed by atoms with E-state index in [4.69, 9.17) is 21.8 Å². The number of rotatable bonds is 2. The van der Waals surface area contributed by atoms with E-state index >= 15 is 0 Å². The van der Waals surface area contributed by atoms with Crippen molar-refractivity contribution in [3.8, 4) is 0 Å². The first-order valence-electron chi connectivity index (χ1n) is 4.43. The second-order valence-corrected chi connectivity index (χ2v) is 3.54. The topological polar surface area (TPSA) is 56.2 Å². The number of nitrogens with two attached hydrogens (primary N) is 1. The van der Waals surface area contributed by atoms with Crippen LogP contribution in [0.25, 0.3) is 0 Å². The number of ketones is 1.